The molecule has 2 nitrogen and oxygen atoms in total. The Morgan fingerprint density at radius 2 is 1.95 bits per heavy atom. The third kappa shape index (κ3) is 3.48. The summed E-state index contributed by atoms with van der Waals surface area (Å²) in [6.07, 6.45) is 2.00. The van der Waals surface area contributed by atoms with Crippen molar-refractivity contribution in [1.82, 2.24) is 5.32 Å². The molecule has 0 aliphatic heterocycles. The second-order valence-electron chi connectivity index (χ2n) is 5.08. The summed E-state index contributed by atoms with van der Waals surface area (Å²) in [6, 6.07) is 12.3. The molecule has 1 aromatic heterocycles. The number of hydrogen-bond acceptors (Lipinski definition) is 2. The Bertz CT molecular complexity index is 554. The van der Waals surface area contributed by atoms with E-state index in [9.17, 15) is 4.79 Å². The molecule has 1 aromatic carbocycles. The molecule has 20 heavy (non-hydrogen) atoms. The number of aryl methyl sites for hydroxylation is 2. The van der Waals surface area contributed by atoms with Crippen molar-refractivity contribution in [2.75, 3.05) is 0 Å². The molecule has 0 fully saturated rings. The van der Waals surface area contributed by atoms with Crippen LogP contribution < -0.4 is 5.32 Å². The minimum Gasteiger partial charge on any atom is -0.345 e. The molecule has 2 aromatic rings. The lowest BCUT2D eigenvalue weighted by Gasteiger charge is -2.18. The van der Waals surface area contributed by atoms with Gasteiger partial charge in [0.25, 0.3) is 5.91 Å². The quantitative estimate of drug-likeness (QED) is 0.853. The maximum atomic E-state index is 12.4. The molecule has 0 bridgehead atoms. The predicted octanol–water partition coefficient (Wildman–Crippen LogP) is 4.64. The normalized spacial score (nSPS) is 12.2. The van der Waals surface area contributed by atoms with E-state index in [4.69, 9.17) is 0 Å². The van der Waals surface area contributed by atoms with Gasteiger partial charge in [0.2, 0.25) is 0 Å². The fraction of sp³-hybridized carbons (Fsp3) is 0.353. The van der Waals surface area contributed by atoms with Gasteiger partial charge in [0.15, 0.2) is 0 Å². The van der Waals surface area contributed by atoms with Gasteiger partial charge in [-0.3, -0.25) is 4.79 Å². The minimum absolute atomic E-state index is 0.0357. The molecule has 1 N–H and O–H groups in total. The molecular formula is C17H21NOS. The highest BCUT2D eigenvalue weighted by atomic mass is 32.1. The summed E-state index contributed by atoms with van der Waals surface area (Å²) < 4.78 is 0. The Morgan fingerprint density at radius 3 is 2.50 bits per heavy atom. The maximum absolute atomic E-state index is 12.4. The Labute approximate surface area is 124 Å². The van der Waals surface area contributed by atoms with E-state index in [0.717, 1.165) is 17.7 Å². The fourth-order valence-electron chi connectivity index (χ4n) is 2.21. The molecule has 0 aliphatic rings. The van der Waals surface area contributed by atoms with Gasteiger partial charge < -0.3 is 5.32 Å². The van der Waals surface area contributed by atoms with Crippen molar-refractivity contribution < 1.29 is 4.79 Å². The number of rotatable bonds is 5. The molecular weight excluding hydrogens is 266 g/mol. The molecule has 1 unspecified atom stereocenters. The molecule has 0 spiro atoms. The summed E-state index contributed by atoms with van der Waals surface area (Å²) in [4.78, 5) is 14.4. The number of nitrogens with one attached hydrogen (secondary N) is 1. The molecule has 3 heteroatoms. The molecule has 1 atom stereocenters. The molecule has 2 rings (SSSR count). The van der Waals surface area contributed by atoms with E-state index in [2.05, 4.69) is 31.3 Å². The van der Waals surface area contributed by atoms with Gasteiger partial charge in [0.1, 0.15) is 0 Å². The lowest BCUT2D eigenvalue weighted by Crippen LogP contribution is -2.27. The van der Waals surface area contributed by atoms with E-state index in [1.807, 2.05) is 31.2 Å². The molecule has 0 saturated carbocycles. The van der Waals surface area contributed by atoms with Crippen LogP contribution in [0.4, 0.5) is 0 Å². The summed E-state index contributed by atoms with van der Waals surface area (Å²) in [5.41, 5.74) is 2.36. The number of carbonyl (C=O) groups excluding carboxylic acids is 1. The molecule has 0 saturated heterocycles. The van der Waals surface area contributed by atoms with E-state index < -0.39 is 0 Å². The largest absolute Gasteiger partial charge is 0.345 e. The Kier molecular flexibility index (Phi) is 4.96. The van der Waals surface area contributed by atoms with Crippen LogP contribution in [0.3, 0.4) is 0 Å². The van der Waals surface area contributed by atoms with Gasteiger partial charge >= 0.3 is 0 Å². The highest BCUT2D eigenvalue weighted by molar-refractivity contribution is 7.14. The van der Waals surface area contributed by atoms with Gasteiger partial charge in [0.05, 0.1) is 10.9 Å². The standard InChI is InChI=1S/C17H21NOS/c1-4-8-15(14-9-6-5-7-10-14)18-17(19)16-11-12(2)13(3)20-16/h5-7,9-11,15H,4,8H2,1-3H3,(H,18,19). The van der Waals surface area contributed by atoms with Gasteiger partial charge in [-0.25, -0.2) is 0 Å². The third-order valence-electron chi connectivity index (χ3n) is 3.47. The number of carbonyl (C=O) groups is 1. The molecule has 106 valence electrons. The smallest absolute Gasteiger partial charge is 0.261 e. The molecule has 1 heterocycles. The van der Waals surface area contributed by atoms with Crippen LogP contribution in [0.5, 0.6) is 0 Å². The van der Waals surface area contributed by atoms with Crippen LogP contribution in [0, 0.1) is 13.8 Å². The topological polar surface area (TPSA) is 29.1 Å². The summed E-state index contributed by atoms with van der Waals surface area (Å²) in [5, 5.41) is 3.16. The summed E-state index contributed by atoms with van der Waals surface area (Å²) in [5.74, 6) is 0.0357. The van der Waals surface area contributed by atoms with Crippen molar-refractivity contribution in [1.29, 1.82) is 0 Å². The third-order valence-corrected chi connectivity index (χ3v) is 4.63. The lowest BCUT2D eigenvalue weighted by atomic mass is 10.0. The number of benzene rings is 1. The minimum atomic E-state index is 0.0357. The van der Waals surface area contributed by atoms with E-state index in [1.165, 1.54) is 16.0 Å². The van der Waals surface area contributed by atoms with E-state index in [-0.39, 0.29) is 11.9 Å². The first-order valence-corrected chi connectivity index (χ1v) is 7.86. The van der Waals surface area contributed by atoms with Crippen LogP contribution in [0.25, 0.3) is 0 Å². The Balaban J connectivity index is 2.14. The van der Waals surface area contributed by atoms with Crippen molar-refractivity contribution in [2.45, 2.75) is 39.7 Å². The van der Waals surface area contributed by atoms with E-state index in [1.54, 1.807) is 11.3 Å². The predicted molar refractivity (Wildman–Crippen MR) is 85.4 cm³/mol. The number of thiophene rings is 1. The van der Waals surface area contributed by atoms with Crippen molar-refractivity contribution in [3.63, 3.8) is 0 Å². The van der Waals surface area contributed by atoms with Crippen LogP contribution in [0.15, 0.2) is 36.4 Å². The highest BCUT2D eigenvalue weighted by Gasteiger charge is 2.16. The van der Waals surface area contributed by atoms with Crippen molar-refractivity contribution >= 4 is 17.2 Å². The lowest BCUT2D eigenvalue weighted by molar-refractivity contribution is 0.0938. The van der Waals surface area contributed by atoms with Gasteiger partial charge in [-0.2, -0.15) is 0 Å². The average Bonchev–Trinajstić information content (AvgIpc) is 2.79. The first-order chi connectivity index (χ1) is 9.61. The van der Waals surface area contributed by atoms with E-state index >= 15 is 0 Å². The van der Waals surface area contributed by atoms with Crippen LogP contribution in [-0.2, 0) is 0 Å². The van der Waals surface area contributed by atoms with Crippen molar-refractivity contribution in [2.24, 2.45) is 0 Å². The zero-order chi connectivity index (χ0) is 14.5. The van der Waals surface area contributed by atoms with Gasteiger partial charge in [-0.15, -0.1) is 11.3 Å². The van der Waals surface area contributed by atoms with Crippen LogP contribution >= 0.6 is 11.3 Å². The number of hydrogen-bond donors (Lipinski definition) is 1. The second-order valence-corrected chi connectivity index (χ2v) is 6.33. The van der Waals surface area contributed by atoms with Crippen LogP contribution in [0.1, 0.15) is 51.5 Å². The van der Waals surface area contributed by atoms with E-state index in [0.29, 0.717) is 0 Å². The van der Waals surface area contributed by atoms with Gasteiger partial charge in [-0.1, -0.05) is 43.7 Å². The first kappa shape index (κ1) is 14.8. The molecule has 0 radical (unpaired) electrons. The highest BCUT2D eigenvalue weighted by Crippen LogP contribution is 2.23. The van der Waals surface area contributed by atoms with Crippen LogP contribution in [0.2, 0.25) is 0 Å². The molecule has 1 amide bonds. The first-order valence-electron chi connectivity index (χ1n) is 7.04. The average molecular weight is 287 g/mol. The van der Waals surface area contributed by atoms with Crippen LogP contribution in [-0.4, -0.2) is 5.91 Å². The SMILES string of the molecule is CCCC(NC(=O)c1cc(C)c(C)s1)c1ccccc1. The van der Waals surface area contributed by atoms with Crippen molar-refractivity contribution in [3.05, 3.63) is 57.3 Å². The summed E-state index contributed by atoms with van der Waals surface area (Å²) in [7, 11) is 0. The van der Waals surface area contributed by atoms with Gasteiger partial charge in [-0.05, 0) is 37.5 Å². The second kappa shape index (κ2) is 6.71. The van der Waals surface area contributed by atoms with Crippen molar-refractivity contribution in [3.8, 4) is 0 Å². The summed E-state index contributed by atoms with van der Waals surface area (Å²) in [6.45, 7) is 6.24. The Hall–Kier alpha value is -1.61. The fourth-order valence-corrected chi connectivity index (χ4v) is 3.15. The monoisotopic (exact) mass is 287 g/mol. The maximum Gasteiger partial charge on any atom is 0.261 e. The zero-order valence-corrected chi connectivity index (χ0v) is 13.1. The zero-order valence-electron chi connectivity index (χ0n) is 12.3. The van der Waals surface area contributed by atoms with Gasteiger partial charge in [0, 0.05) is 4.88 Å². The summed E-state index contributed by atoms with van der Waals surface area (Å²) >= 11 is 1.57. The number of amides is 1. The Morgan fingerprint density at radius 1 is 1.25 bits per heavy atom. The molecule has 0 aliphatic carbocycles.